The molecule has 119 heavy (non-hydrogen) atoms. The lowest BCUT2D eigenvalue weighted by atomic mass is 9.98. The Balaban J connectivity index is 0.000000143. The van der Waals surface area contributed by atoms with Crippen LogP contribution < -0.4 is 0 Å². The van der Waals surface area contributed by atoms with Crippen molar-refractivity contribution in [3.05, 3.63) is 419 Å². The number of nitrogens with zero attached hydrogens (tertiary/aromatic N) is 7. The fraction of sp³-hybridized carbons (Fsp3) is 0. The summed E-state index contributed by atoms with van der Waals surface area (Å²) >= 11 is 3.63. The highest BCUT2D eigenvalue weighted by molar-refractivity contribution is 7.27. The third kappa shape index (κ3) is 13.2. The molecule has 0 saturated carbocycles. The average Bonchev–Trinajstić information content (AvgIpc) is 1.61. The van der Waals surface area contributed by atoms with Crippen LogP contribution in [0.1, 0.15) is 0 Å². The van der Waals surface area contributed by atoms with Crippen molar-refractivity contribution in [3.63, 3.8) is 0 Å². The van der Waals surface area contributed by atoms with Gasteiger partial charge in [0.15, 0.2) is 11.6 Å². The molecule has 556 valence electrons. The summed E-state index contributed by atoms with van der Waals surface area (Å²) in [6, 6.07) is 148. The van der Waals surface area contributed by atoms with Crippen molar-refractivity contribution in [2.45, 2.75) is 0 Å². The lowest BCUT2D eigenvalue weighted by Crippen LogP contribution is -1.97. The van der Waals surface area contributed by atoms with E-state index in [-0.39, 0.29) is 0 Å². The van der Waals surface area contributed by atoms with Crippen LogP contribution in [0.4, 0.5) is 0 Å². The van der Waals surface area contributed by atoms with Crippen LogP contribution >= 0.6 is 22.7 Å². The molecule has 23 aromatic rings. The quantitative estimate of drug-likeness (QED) is 0.114. The maximum atomic E-state index is 5.36. The molecule has 16 aromatic carbocycles. The highest BCUT2D eigenvalue weighted by atomic mass is 32.1. The van der Waals surface area contributed by atoms with E-state index in [9.17, 15) is 0 Å². The topological polar surface area (TPSA) is 82.3 Å². The molecule has 0 spiro atoms. The molecule has 0 aliphatic heterocycles. The summed E-state index contributed by atoms with van der Waals surface area (Å²) in [4.78, 5) is 31.4. The molecule has 0 fully saturated rings. The van der Waals surface area contributed by atoms with Gasteiger partial charge in [-0.05, 0) is 117 Å². The van der Waals surface area contributed by atoms with Gasteiger partial charge in [-0.15, -0.1) is 22.7 Å². The lowest BCUT2D eigenvalue weighted by Gasteiger charge is -2.12. The number of fused-ring (bicyclic) bond motifs is 13. The summed E-state index contributed by atoms with van der Waals surface area (Å²) < 4.78 is 7.25. The summed E-state index contributed by atoms with van der Waals surface area (Å²) in [5.41, 5.74) is 28.6. The molecule has 23 rings (SSSR count). The number of para-hydroxylation sites is 2. The molecule has 7 aromatic heterocycles. The molecule has 0 atom stereocenters. The fourth-order valence-electron chi connectivity index (χ4n) is 16.8. The zero-order chi connectivity index (χ0) is 78.7. The molecule has 0 bridgehead atoms. The van der Waals surface area contributed by atoms with Crippen molar-refractivity contribution < 1.29 is 0 Å². The van der Waals surface area contributed by atoms with Gasteiger partial charge in [0.1, 0.15) is 0 Å². The summed E-state index contributed by atoms with van der Waals surface area (Å²) in [6.07, 6.45) is 0. The first-order chi connectivity index (χ1) is 58.9. The summed E-state index contributed by atoms with van der Waals surface area (Å²) in [7, 11) is 0. The third-order valence-electron chi connectivity index (χ3n) is 22.8. The van der Waals surface area contributed by atoms with Crippen molar-refractivity contribution >= 4 is 107 Å². The Morgan fingerprint density at radius 3 is 0.832 bits per heavy atom. The number of hydrogen-bond donors (Lipinski definition) is 0. The van der Waals surface area contributed by atoms with E-state index in [2.05, 4.69) is 393 Å². The molecule has 9 heteroatoms. The van der Waals surface area contributed by atoms with Gasteiger partial charge >= 0.3 is 0 Å². The standard InChI is InChI=1S/C55H34N4S.C55H35N3S/c1-3-13-35(14-4-1)40-29-32-46-45(33-40)52-44-19-9-12-22-51(44)60-54(52)53(56-46)38-25-23-36(24-26-38)47-34-48(58-55(57-47)39-15-5-2-6-16-39)37-27-30-41(31-28-37)59-49-20-10-7-17-42(49)43-18-8-11-21-50(43)59;1-4-12-36(13-5-1)39-20-24-41(25-21-39)49-35-50(58-55(57-49)44-30-22-40(23-31-44)37-14-6-2-7-15-37)42-26-28-43(29-27-42)53-54-52(46-18-10-11-19-51(46)59-54)47-34-45(32-33-48(47)56-53)38-16-8-3-9-17-38/h1-34H;1-35H. The third-order valence-corrected chi connectivity index (χ3v) is 25.1. The van der Waals surface area contributed by atoms with E-state index in [1.807, 2.05) is 53.0 Å². The Bertz CT molecular complexity index is 7610. The monoisotopic (exact) mass is 1550 g/mol. The van der Waals surface area contributed by atoms with Crippen molar-refractivity contribution in [2.24, 2.45) is 0 Å². The van der Waals surface area contributed by atoms with Gasteiger partial charge in [-0.1, -0.05) is 346 Å². The van der Waals surface area contributed by atoms with Crippen LogP contribution in [-0.2, 0) is 0 Å². The Morgan fingerprint density at radius 2 is 0.454 bits per heavy atom. The van der Waals surface area contributed by atoms with E-state index < -0.39 is 0 Å². The Hall–Kier alpha value is -15.3. The van der Waals surface area contributed by atoms with Crippen LogP contribution in [0.15, 0.2) is 419 Å². The molecule has 0 aliphatic carbocycles. The molecular weight excluding hydrogens is 1480 g/mol. The first kappa shape index (κ1) is 70.4. The Labute approximate surface area is 695 Å². The van der Waals surface area contributed by atoms with Crippen LogP contribution in [0.3, 0.4) is 0 Å². The SMILES string of the molecule is c1ccc(-c2ccc(-c3cc(-c4ccc(-c5nc6ccc(-c7ccccc7)cc6c6c5sc5ccccc56)cc4)nc(-c4ccc(-c5ccccc5)cc4)n3)cc2)cc1.c1ccc(-c2ccc3nc(-c4ccc(-c5cc(-c6ccc(-n7c8ccccc8c8ccccc87)cc6)nc(-c6ccccc6)n5)cc4)c4sc5ccccc5c4c3c2)cc1. The highest BCUT2D eigenvalue weighted by Crippen LogP contribution is 2.47. The summed E-state index contributed by atoms with van der Waals surface area (Å²) in [5, 5.41) is 9.89. The van der Waals surface area contributed by atoms with Crippen LogP contribution in [0.25, 0.3) is 224 Å². The predicted molar refractivity (Wildman–Crippen MR) is 500 cm³/mol. The summed E-state index contributed by atoms with van der Waals surface area (Å²) in [6.45, 7) is 0. The van der Waals surface area contributed by atoms with Gasteiger partial charge in [0.05, 0.1) is 65.6 Å². The maximum absolute atomic E-state index is 5.36. The van der Waals surface area contributed by atoms with Gasteiger partial charge in [0.2, 0.25) is 0 Å². The van der Waals surface area contributed by atoms with E-state index in [1.165, 1.54) is 112 Å². The normalized spacial score (nSPS) is 11.5. The van der Waals surface area contributed by atoms with Crippen molar-refractivity contribution in [2.75, 3.05) is 0 Å². The molecule has 0 unspecified atom stereocenters. The molecule has 0 N–H and O–H groups in total. The number of pyridine rings is 2. The smallest absolute Gasteiger partial charge is 0.160 e. The number of rotatable bonds is 13. The Kier molecular flexibility index (Phi) is 17.8. The minimum atomic E-state index is 0.686. The van der Waals surface area contributed by atoms with E-state index in [4.69, 9.17) is 29.9 Å². The van der Waals surface area contributed by atoms with Gasteiger partial charge < -0.3 is 4.57 Å². The zero-order valence-corrected chi connectivity index (χ0v) is 65.9. The second kappa shape index (κ2) is 30.2. The van der Waals surface area contributed by atoms with Gasteiger partial charge in [0.25, 0.3) is 0 Å². The van der Waals surface area contributed by atoms with Gasteiger partial charge in [-0.3, -0.25) is 0 Å². The maximum Gasteiger partial charge on any atom is 0.160 e. The molecule has 0 amide bonds. The molecule has 0 aliphatic rings. The van der Waals surface area contributed by atoms with Gasteiger partial charge in [0, 0.05) is 103 Å². The number of hydrogen-bond acceptors (Lipinski definition) is 8. The largest absolute Gasteiger partial charge is 0.309 e. The highest BCUT2D eigenvalue weighted by Gasteiger charge is 2.22. The number of benzene rings is 16. The number of thiophene rings is 2. The van der Waals surface area contributed by atoms with Crippen molar-refractivity contribution in [1.29, 1.82) is 0 Å². The predicted octanol–water partition coefficient (Wildman–Crippen LogP) is 29.9. The second-order valence-electron chi connectivity index (χ2n) is 30.0. The van der Waals surface area contributed by atoms with Crippen molar-refractivity contribution in [1.82, 2.24) is 34.5 Å². The minimum absolute atomic E-state index is 0.686. The van der Waals surface area contributed by atoms with Gasteiger partial charge in [-0.2, -0.15) is 0 Å². The van der Waals surface area contributed by atoms with Gasteiger partial charge in [-0.25, -0.2) is 29.9 Å². The van der Waals surface area contributed by atoms with E-state index in [0.717, 1.165) is 101 Å². The molecular formula is C110H69N7S2. The fourth-order valence-corrected chi connectivity index (χ4v) is 19.3. The van der Waals surface area contributed by atoms with Crippen LogP contribution in [0.5, 0.6) is 0 Å². The number of aromatic nitrogens is 7. The van der Waals surface area contributed by atoms with Crippen molar-refractivity contribution in [3.8, 4) is 141 Å². The van der Waals surface area contributed by atoms with E-state index in [1.54, 1.807) is 0 Å². The molecule has 7 heterocycles. The molecule has 0 radical (unpaired) electrons. The van der Waals surface area contributed by atoms with Crippen LogP contribution in [0.2, 0.25) is 0 Å². The Morgan fingerprint density at radius 1 is 0.185 bits per heavy atom. The van der Waals surface area contributed by atoms with E-state index in [0.29, 0.717) is 11.6 Å². The average molecular weight is 1550 g/mol. The molecule has 7 nitrogen and oxygen atoms in total. The first-order valence-corrected chi connectivity index (χ1v) is 41.7. The van der Waals surface area contributed by atoms with Crippen LogP contribution in [-0.4, -0.2) is 34.5 Å². The zero-order valence-electron chi connectivity index (χ0n) is 64.3. The molecule has 0 saturated heterocycles. The first-order valence-electron chi connectivity index (χ1n) is 40.0. The minimum Gasteiger partial charge on any atom is -0.309 e. The van der Waals surface area contributed by atoms with E-state index >= 15 is 0 Å². The van der Waals surface area contributed by atoms with Crippen LogP contribution in [0, 0.1) is 0 Å². The second-order valence-corrected chi connectivity index (χ2v) is 32.1. The lowest BCUT2D eigenvalue weighted by molar-refractivity contribution is 1.17. The summed E-state index contributed by atoms with van der Waals surface area (Å²) in [5.74, 6) is 1.38.